The summed E-state index contributed by atoms with van der Waals surface area (Å²) in [5.41, 5.74) is 1.80. The van der Waals surface area contributed by atoms with E-state index in [2.05, 4.69) is 10.4 Å². The molecular formula is C19H17ClN4O3. The predicted octanol–water partition coefficient (Wildman–Crippen LogP) is 4.24. The van der Waals surface area contributed by atoms with Crippen LogP contribution in [-0.2, 0) is 0 Å². The van der Waals surface area contributed by atoms with Gasteiger partial charge in [0.05, 0.1) is 21.3 Å². The maximum Gasteiger partial charge on any atom is 0.271 e. The first-order valence-electron chi connectivity index (χ1n) is 8.39. The van der Waals surface area contributed by atoms with Crippen LogP contribution in [0.1, 0.15) is 23.8 Å². The maximum absolute atomic E-state index is 12.6. The van der Waals surface area contributed by atoms with Gasteiger partial charge >= 0.3 is 0 Å². The normalized spacial score (nSPS) is 10.6. The second kappa shape index (κ2) is 8.01. The fraction of sp³-hybridized carbons (Fsp3) is 0.158. The molecule has 7 nitrogen and oxygen atoms in total. The molecule has 138 valence electrons. The van der Waals surface area contributed by atoms with E-state index in [9.17, 15) is 14.9 Å². The molecule has 0 aliphatic carbocycles. The van der Waals surface area contributed by atoms with Crippen LogP contribution in [0.5, 0.6) is 0 Å². The molecule has 0 bridgehead atoms. The van der Waals surface area contributed by atoms with Crippen molar-refractivity contribution in [3.05, 3.63) is 75.4 Å². The highest BCUT2D eigenvalue weighted by Gasteiger charge is 2.19. The summed E-state index contributed by atoms with van der Waals surface area (Å²) in [7, 11) is 0. The molecule has 1 N–H and O–H groups in total. The molecule has 0 saturated carbocycles. The number of nitro groups is 1. The van der Waals surface area contributed by atoms with Gasteiger partial charge in [-0.2, -0.15) is 5.10 Å². The average molecular weight is 385 g/mol. The van der Waals surface area contributed by atoms with Crippen LogP contribution in [0.3, 0.4) is 0 Å². The predicted molar refractivity (Wildman–Crippen MR) is 103 cm³/mol. The van der Waals surface area contributed by atoms with Gasteiger partial charge in [-0.1, -0.05) is 42.8 Å². The van der Waals surface area contributed by atoms with Gasteiger partial charge in [-0.05, 0) is 24.6 Å². The Bertz CT molecular complexity index is 1000. The molecular weight excluding hydrogens is 368 g/mol. The van der Waals surface area contributed by atoms with Crippen molar-refractivity contribution < 1.29 is 9.72 Å². The Kier molecular flexibility index (Phi) is 5.52. The van der Waals surface area contributed by atoms with Gasteiger partial charge < -0.3 is 5.32 Å². The summed E-state index contributed by atoms with van der Waals surface area (Å²) in [4.78, 5) is 23.2. The van der Waals surface area contributed by atoms with Gasteiger partial charge in [0.25, 0.3) is 11.6 Å². The molecule has 8 heteroatoms. The number of hydrogen-bond acceptors (Lipinski definition) is 4. The van der Waals surface area contributed by atoms with Crippen LogP contribution < -0.4 is 5.32 Å². The monoisotopic (exact) mass is 384 g/mol. The maximum atomic E-state index is 12.6. The molecule has 0 aliphatic heterocycles. The van der Waals surface area contributed by atoms with Crippen molar-refractivity contribution in [3.8, 4) is 16.9 Å². The number of amides is 1. The summed E-state index contributed by atoms with van der Waals surface area (Å²) in [6.45, 7) is 2.47. The molecule has 3 rings (SSSR count). The standard InChI is InChI=1S/C19H17ClN4O3/c1-2-10-21-19(25)18-12-17(15-8-3-4-9-16(15)20)22-23(18)13-6-5-7-14(11-13)24(26)27/h3-9,11-12H,2,10H2,1H3,(H,21,25). The van der Waals surface area contributed by atoms with E-state index >= 15 is 0 Å². The lowest BCUT2D eigenvalue weighted by Crippen LogP contribution is -2.26. The zero-order valence-corrected chi connectivity index (χ0v) is 15.3. The Hall–Kier alpha value is -3.19. The van der Waals surface area contributed by atoms with E-state index in [1.165, 1.54) is 16.8 Å². The molecule has 0 saturated heterocycles. The lowest BCUT2D eigenvalue weighted by molar-refractivity contribution is -0.384. The minimum absolute atomic E-state index is 0.0813. The number of carbonyl (C=O) groups is 1. The minimum Gasteiger partial charge on any atom is -0.351 e. The van der Waals surface area contributed by atoms with Crippen molar-refractivity contribution in [3.63, 3.8) is 0 Å². The summed E-state index contributed by atoms with van der Waals surface area (Å²) in [5.74, 6) is -0.311. The van der Waals surface area contributed by atoms with Crippen LogP contribution >= 0.6 is 11.6 Å². The Morgan fingerprint density at radius 2 is 2.00 bits per heavy atom. The molecule has 0 fully saturated rings. The molecule has 0 spiro atoms. The highest BCUT2D eigenvalue weighted by Crippen LogP contribution is 2.28. The number of benzene rings is 2. The number of nitrogens with zero attached hydrogens (tertiary/aromatic N) is 3. The number of rotatable bonds is 6. The highest BCUT2D eigenvalue weighted by molar-refractivity contribution is 6.33. The third-order valence-electron chi connectivity index (χ3n) is 3.91. The van der Waals surface area contributed by atoms with Crippen molar-refractivity contribution >= 4 is 23.2 Å². The Balaban J connectivity index is 2.13. The number of hydrogen-bond donors (Lipinski definition) is 1. The van der Waals surface area contributed by atoms with Crippen LogP contribution in [0.25, 0.3) is 16.9 Å². The van der Waals surface area contributed by atoms with E-state index < -0.39 is 4.92 Å². The number of carbonyl (C=O) groups excluding carboxylic acids is 1. The van der Waals surface area contributed by atoms with Crippen LogP contribution in [0.2, 0.25) is 5.02 Å². The van der Waals surface area contributed by atoms with E-state index in [1.807, 2.05) is 13.0 Å². The molecule has 0 aliphatic rings. The first-order chi connectivity index (χ1) is 13.0. The number of aromatic nitrogens is 2. The zero-order chi connectivity index (χ0) is 19.4. The zero-order valence-electron chi connectivity index (χ0n) is 14.6. The summed E-state index contributed by atoms with van der Waals surface area (Å²) in [6, 6.07) is 14.8. The SMILES string of the molecule is CCCNC(=O)c1cc(-c2ccccc2Cl)nn1-c1cccc([N+](=O)[O-])c1. The highest BCUT2D eigenvalue weighted by atomic mass is 35.5. The van der Waals surface area contributed by atoms with Crippen molar-refractivity contribution in [1.82, 2.24) is 15.1 Å². The van der Waals surface area contributed by atoms with E-state index in [0.29, 0.717) is 28.5 Å². The van der Waals surface area contributed by atoms with Gasteiger partial charge in [0, 0.05) is 24.2 Å². The largest absolute Gasteiger partial charge is 0.351 e. The molecule has 1 heterocycles. The summed E-state index contributed by atoms with van der Waals surface area (Å²) < 4.78 is 1.40. The third kappa shape index (κ3) is 3.98. The minimum atomic E-state index is -0.487. The van der Waals surface area contributed by atoms with Gasteiger partial charge in [0.2, 0.25) is 0 Å². The Morgan fingerprint density at radius 1 is 1.22 bits per heavy atom. The van der Waals surface area contributed by atoms with Gasteiger partial charge in [0.15, 0.2) is 0 Å². The molecule has 0 unspecified atom stereocenters. The molecule has 3 aromatic rings. The van der Waals surface area contributed by atoms with Crippen LogP contribution in [0.4, 0.5) is 5.69 Å². The number of halogens is 1. The number of nitrogens with one attached hydrogen (secondary N) is 1. The Labute approximate surface area is 160 Å². The van der Waals surface area contributed by atoms with E-state index in [4.69, 9.17) is 11.6 Å². The molecule has 0 atom stereocenters. The van der Waals surface area contributed by atoms with Crippen molar-refractivity contribution in [2.24, 2.45) is 0 Å². The smallest absolute Gasteiger partial charge is 0.271 e. The first kappa shape index (κ1) is 18.6. The Morgan fingerprint density at radius 3 is 2.70 bits per heavy atom. The van der Waals surface area contributed by atoms with Crippen LogP contribution in [-0.4, -0.2) is 27.2 Å². The fourth-order valence-corrected chi connectivity index (χ4v) is 2.84. The first-order valence-corrected chi connectivity index (χ1v) is 8.77. The van der Waals surface area contributed by atoms with E-state index in [0.717, 1.165) is 6.42 Å². The molecule has 1 amide bonds. The van der Waals surface area contributed by atoms with Crippen molar-refractivity contribution in [2.45, 2.75) is 13.3 Å². The summed E-state index contributed by atoms with van der Waals surface area (Å²) in [6.07, 6.45) is 0.786. The number of nitro benzene ring substituents is 1. The van der Waals surface area contributed by atoms with Crippen molar-refractivity contribution in [2.75, 3.05) is 6.54 Å². The molecule has 27 heavy (non-hydrogen) atoms. The topological polar surface area (TPSA) is 90.1 Å². The van der Waals surface area contributed by atoms with Crippen LogP contribution in [0, 0.1) is 10.1 Å². The third-order valence-corrected chi connectivity index (χ3v) is 4.24. The summed E-state index contributed by atoms with van der Waals surface area (Å²) in [5, 5.41) is 18.9. The van der Waals surface area contributed by atoms with Gasteiger partial charge in [0.1, 0.15) is 5.69 Å². The van der Waals surface area contributed by atoms with E-state index in [-0.39, 0.29) is 17.3 Å². The lowest BCUT2D eigenvalue weighted by atomic mass is 10.1. The molecule has 0 radical (unpaired) electrons. The fourth-order valence-electron chi connectivity index (χ4n) is 2.61. The van der Waals surface area contributed by atoms with Gasteiger partial charge in [-0.15, -0.1) is 0 Å². The van der Waals surface area contributed by atoms with Gasteiger partial charge in [-0.25, -0.2) is 4.68 Å². The van der Waals surface area contributed by atoms with E-state index in [1.54, 1.807) is 36.4 Å². The average Bonchev–Trinajstić information content (AvgIpc) is 3.12. The second-order valence-electron chi connectivity index (χ2n) is 5.84. The molecule has 1 aromatic heterocycles. The molecule has 2 aromatic carbocycles. The number of non-ortho nitro benzene ring substituents is 1. The quantitative estimate of drug-likeness (QED) is 0.508. The van der Waals surface area contributed by atoms with Crippen LogP contribution in [0.15, 0.2) is 54.6 Å². The summed E-state index contributed by atoms with van der Waals surface area (Å²) >= 11 is 6.26. The lowest BCUT2D eigenvalue weighted by Gasteiger charge is -2.07. The van der Waals surface area contributed by atoms with Crippen molar-refractivity contribution in [1.29, 1.82) is 0 Å². The second-order valence-corrected chi connectivity index (χ2v) is 6.25. The van der Waals surface area contributed by atoms with Gasteiger partial charge in [-0.3, -0.25) is 14.9 Å².